The summed E-state index contributed by atoms with van der Waals surface area (Å²) in [5.41, 5.74) is 6.81. The van der Waals surface area contributed by atoms with Crippen molar-refractivity contribution < 1.29 is 9.60 Å². The number of rotatable bonds is 6. The molecule has 0 heterocycles. The highest BCUT2D eigenvalue weighted by Gasteiger charge is 2.20. The number of amidine groups is 1. The molecule has 0 aromatic heterocycles. The van der Waals surface area contributed by atoms with Crippen molar-refractivity contribution in [2.24, 2.45) is 16.8 Å². The quantitative estimate of drug-likeness (QED) is 0.237. The molecule has 1 aromatic rings. The number of nitrogens with zero attached hydrogens (tertiary/aromatic N) is 1. The van der Waals surface area contributed by atoms with Gasteiger partial charge in [0.25, 0.3) is 0 Å². The van der Waals surface area contributed by atoms with Crippen LogP contribution in [-0.4, -0.2) is 17.6 Å². The van der Waals surface area contributed by atoms with Crippen LogP contribution < -0.4 is 11.1 Å². The molecule has 0 radical (unpaired) electrons. The number of benzene rings is 1. The van der Waals surface area contributed by atoms with Gasteiger partial charge in [-0.15, -0.1) is 0 Å². The molecule has 2 rings (SSSR count). The zero-order valence-corrected chi connectivity index (χ0v) is 10.2. The predicted octanol–water partition coefficient (Wildman–Crippen LogP) is 1.81. The van der Waals surface area contributed by atoms with Crippen LogP contribution in [0.3, 0.4) is 0 Å². The van der Waals surface area contributed by atoms with E-state index < -0.39 is 5.82 Å². The van der Waals surface area contributed by atoms with Gasteiger partial charge in [0, 0.05) is 12.1 Å². The van der Waals surface area contributed by atoms with Gasteiger partial charge in [-0.25, -0.2) is 4.39 Å². The summed E-state index contributed by atoms with van der Waals surface area (Å²) >= 11 is 0. The Morgan fingerprint density at radius 1 is 1.50 bits per heavy atom. The van der Waals surface area contributed by atoms with Crippen molar-refractivity contribution in [2.75, 3.05) is 6.54 Å². The van der Waals surface area contributed by atoms with Crippen LogP contribution in [0.4, 0.5) is 4.39 Å². The molecule has 1 aromatic carbocycles. The normalized spacial score (nSPS) is 15.9. The standard InChI is InChI=1S/C13H18FN3O/c14-11-4-3-10(12(7-11)13(15)17-18)8-16-6-5-9-1-2-9/h3-4,7,9,16,18H,1-2,5-6,8H2,(H2,15,17). The van der Waals surface area contributed by atoms with E-state index in [9.17, 15) is 4.39 Å². The van der Waals surface area contributed by atoms with Gasteiger partial charge >= 0.3 is 0 Å². The van der Waals surface area contributed by atoms with Crippen LogP contribution in [-0.2, 0) is 6.54 Å². The first kappa shape index (κ1) is 12.8. The Labute approximate surface area is 106 Å². The molecule has 1 aliphatic carbocycles. The van der Waals surface area contributed by atoms with Crippen LogP contribution in [0.1, 0.15) is 30.4 Å². The van der Waals surface area contributed by atoms with Gasteiger partial charge in [-0.3, -0.25) is 0 Å². The molecule has 98 valence electrons. The highest BCUT2D eigenvalue weighted by atomic mass is 19.1. The third kappa shape index (κ3) is 3.43. The Morgan fingerprint density at radius 2 is 2.28 bits per heavy atom. The molecule has 1 saturated carbocycles. The first-order valence-electron chi connectivity index (χ1n) is 6.17. The molecule has 1 aliphatic rings. The molecule has 0 spiro atoms. The number of nitrogens with two attached hydrogens (primary N) is 1. The van der Waals surface area contributed by atoms with Crippen LogP contribution in [0.15, 0.2) is 23.4 Å². The van der Waals surface area contributed by atoms with Crippen LogP contribution in [0, 0.1) is 11.7 Å². The molecule has 0 saturated heterocycles. The minimum atomic E-state index is -0.390. The van der Waals surface area contributed by atoms with E-state index in [1.54, 1.807) is 6.07 Å². The van der Waals surface area contributed by atoms with Crippen molar-refractivity contribution in [2.45, 2.75) is 25.8 Å². The molecular weight excluding hydrogens is 233 g/mol. The summed E-state index contributed by atoms with van der Waals surface area (Å²) in [4.78, 5) is 0. The summed E-state index contributed by atoms with van der Waals surface area (Å²) in [6.45, 7) is 1.54. The second kappa shape index (κ2) is 5.82. The smallest absolute Gasteiger partial charge is 0.170 e. The van der Waals surface area contributed by atoms with E-state index in [2.05, 4.69) is 10.5 Å². The molecule has 0 atom stereocenters. The first-order valence-corrected chi connectivity index (χ1v) is 6.17. The van der Waals surface area contributed by atoms with E-state index in [0.29, 0.717) is 12.1 Å². The second-order valence-corrected chi connectivity index (χ2v) is 4.70. The molecule has 0 unspecified atom stereocenters. The topological polar surface area (TPSA) is 70.6 Å². The molecule has 5 heteroatoms. The zero-order valence-electron chi connectivity index (χ0n) is 10.2. The lowest BCUT2D eigenvalue weighted by Crippen LogP contribution is -2.21. The van der Waals surface area contributed by atoms with Crippen molar-refractivity contribution in [3.05, 3.63) is 35.1 Å². The number of hydrogen-bond donors (Lipinski definition) is 3. The Kier molecular flexibility index (Phi) is 4.15. The predicted molar refractivity (Wildman–Crippen MR) is 68.0 cm³/mol. The van der Waals surface area contributed by atoms with E-state index in [0.717, 1.165) is 18.0 Å². The van der Waals surface area contributed by atoms with Crippen molar-refractivity contribution in [1.82, 2.24) is 5.32 Å². The number of oxime groups is 1. The van der Waals surface area contributed by atoms with Gasteiger partial charge in [0.2, 0.25) is 0 Å². The second-order valence-electron chi connectivity index (χ2n) is 4.70. The fourth-order valence-electron chi connectivity index (χ4n) is 1.93. The molecule has 0 bridgehead atoms. The summed E-state index contributed by atoms with van der Waals surface area (Å²) in [6, 6.07) is 4.33. The SMILES string of the molecule is NC(=NO)c1cc(F)ccc1CNCCC1CC1. The van der Waals surface area contributed by atoms with Crippen LogP contribution in [0.2, 0.25) is 0 Å². The number of nitrogens with one attached hydrogen (secondary N) is 1. The molecule has 4 N–H and O–H groups in total. The van der Waals surface area contributed by atoms with E-state index in [1.807, 2.05) is 0 Å². The Balaban J connectivity index is 1.96. The molecule has 0 amide bonds. The minimum absolute atomic E-state index is 0.0616. The van der Waals surface area contributed by atoms with Gasteiger partial charge in [-0.05, 0) is 36.6 Å². The molecular formula is C13H18FN3O. The molecule has 4 nitrogen and oxygen atoms in total. The van der Waals surface area contributed by atoms with Crippen LogP contribution in [0.25, 0.3) is 0 Å². The lowest BCUT2D eigenvalue weighted by atomic mass is 10.1. The third-order valence-electron chi connectivity index (χ3n) is 3.20. The fourth-order valence-corrected chi connectivity index (χ4v) is 1.93. The van der Waals surface area contributed by atoms with Gasteiger partial charge in [0.15, 0.2) is 5.84 Å². The number of halogens is 1. The Bertz CT molecular complexity index is 444. The van der Waals surface area contributed by atoms with Crippen molar-refractivity contribution in [3.8, 4) is 0 Å². The largest absolute Gasteiger partial charge is 0.409 e. The van der Waals surface area contributed by atoms with E-state index >= 15 is 0 Å². The lowest BCUT2D eigenvalue weighted by molar-refractivity contribution is 0.318. The van der Waals surface area contributed by atoms with E-state index in [4.69, 9.17) is 10.9 Å². The van der Waals surface area contributed by atoms with Gasteiger partial charge in [-0.1, -0.05) is 24.1 Å². The maximum absolute atomic E-state index is 13.1. The number of hydrogen-bond acceptors (Lipinski definition) is 3. The van der Waals surface area contributed by atoms with Crippen LogP contribution in [0.5, 0.6) is 0 Å². The Morgan fingerprint density at radius 3 is 2.94 bits per heavy atom. The van der Waals surface area contributed by atoms with Crippen molar-refractivity contribution in [3.63, 3.8) is 0 Å². The third-order valence-corrected chi connectivity index (χ3v) is 3.20. The van der Waals surface area contributed by atoms with Gasteiger partial charge < -0.3 is 16.3 Å². The summed E-state index contributed by atoms with van der Waals surface area (Å²) in [5.74, 6) is 0.432. The zero-order chi connectivity index (χ0) is 13.0. The monoisotopic (exact) mass is 251 g/mol. The lowest BCUT2D eigenvalue weighted by Gasteiger charge is -2.09. The van der Waals surface area contributed by atoms with Crippen molar-refractivity contribution in [1.29, 1.82) is 0 Å². The van der Waals surface area contributed by atoms with Gasteiger partial charge in [-0.2, -0.15) is 0 Å². The highest BCUT2D eigenvalue weighted by molar-refractivity contribution is 5.98. The Hall–Kier alpha value is -1.62. The molecule has 1 fully saturated rings. The summed E-state index contributed by atoms with van der Waals surface area (Å²) in [5, 5.41) is 14.9. The fraction of sp³-hybridized carbons (Fsp3) is 0.462. The van der Waals surface area contributed by atoms with Crippen molar-refractivity contribution >= 4 is 5.84 Å². The van der Waals surface area contributed by atoms with Crippen LogP contribution >= 0.6 is 0 Å². The average Bonchev–Trinajstić information content (AvgIpc) is 3.19. The highest BCUT2D eigenvalue weighted by Crippen LogP contribution is 2.31. The van der Waals surface area contributed by atoms with E-state index in [1.165, 1.54) is 31.4 Å². The van der Waals surface area contributed by atoms with Gasteiger partial charge in [0.1, 0.15) is 5.82 Å². The summed E-state index contributed by atoms with van der Waals surface area (Å²) in [6.07, 6.45) is 3.86. The van der Waals surface area contributed by atoms with Gasteiger partial charge in [0.05, 0.1) is 0 Å². The first-order chi connectivity index (χ1) is 8.70. The van der Waals surface area contributed by atoms with E-state index in [-0.39, 0.29) is 5.84 Å². The summed E-state index contributed by atoms with van der Waals surface area (Å²) < 4.78 is 13.1. The molecule has 18 heavy (non-hydrogen) atoms. The maximum Gasteiger partial charge on any atom is 0.170 e. The summed E-state index contributed by atoms with van der Waals surface area (Å²) in [7, 11) is 0. The molecule has 0 aliphatic heterocycles. The minimum Gasteiger partial charge on any atom is -0.409 e. The maximum atomic E-state index is 13.1. The average molecular weight is 251 g/mol.